The van der Waals surface area contributed by atoms with Crippen LogP contribution in [0.5, 0.6) is 5.75 Å². The van der Waals surface area contributed by atoms with Gasteiger partial charge in [-0.2, -0.15) is 0 Å². The van der Waals surface area contributed by atoms with Gasteiger partial charge in [0.25, 0.3) is 0 Å². The van der Waals surface area contributed by atoms with Crippen molar-refractivity contribution in [3.8, 4) is 5.75 Å². The molecule has 1 N–H and O–H groups in total. The second-order valence-corrected chi connectivity index (χ2v) is 6.40. The van der Waals surface area contributed by atoms with Gasteiger partial charge >= 0.3 is 0 Å². The minimum atomic E-state index is -0.0624. The maximum Gasteiger partial charge on any atom is 0.228 e. The van der Waals surface area contributed by atoms with E-state index in [-0.39, 0.29) is 5.91 Å². The molecule has 5 nitrogen and oxygen atoms in total. The second kappa shape index (κ2) is 6.97. The Bertz CT molecular complexity index is 912. The lowest BCUT2D eigenvalue weighted by Crippen LogP contribution is -2.14. The number of rotatable bonds is 5. The third-order valence-corrected chi connectivity index (χ3v) is 4.16. The molecule has 1 heterocycles. The van der Waals surface area contributed by atoms with Crippen molar-refractivity contribution in [2.24, 2.45) is 0 Å². The van der Waals surface area contributed by atoms with Crippen molar-refractivity contribution in [2.45, 2.75) is 33.2 Å². The SMILES string of the molecule is COc1cccc(CC(=O)Nc2ccc3c(c2)nc(C)n3C(C)C)c1. The number of aryl methyl sites for hydroxylation is 1. The van der Waals surface area contributed by atoms with Crippen LogP contribution in [0.4, 0.5) is 5.69 Å². The molecule has 0 fully saturated rings. The minimum absolute atomic E-state index is 0.0624. The van der Waals surface area contributed by atoms with Crippen molar-refractivity contribution in [1.82, 2.24) is 9.55 Å². The van der Waals surface area contributed by atoms with Crippen LogP contribution < -0.4 is 10.1 Å². The van der Waals surface area contributed by atoms with Gasteiger partial charge < -0.3 is 14.6 Å². The number of aromatic nitrogens is 2. The summed E-state index contributed by atoms with van der Waals surface area (Å²) in [6, 6.07) is 13.7. The third-order valence-electron chi connectivity index (χ3n) is 4.16. The smallest absolute Gasteiger partial charge is 0.228 e. The first kappa shape index (κ1) is 17.0. The molecule has 5 heteroatoms. The summed E-state index contributed by atoms with van der Waals surface area (Å²) in [5.41, 5.74) is 3.65. The molecule has 0 spiro atoms. The Kier molecular flexibility index (Phi) is 4.74. The Labute approximate surface area is 147 Å². The Hall–Kier alpha value is -2.82. The Morgan fingerprint density at radius 3 is 2.76 bits per heavy atom. The molecule has 25 heavy (non-hydrogen) atoms. The predicted molar refractivity (Wildman–Crippen MR) is 100 cm³/mol. The number of nitrogens with one attached hydrogen (secondary N) is 1. The van der Waals surface area contributed by atoms with Gasteiger partial charge in [-0.15, -0.1) is 0 Å². The summed E-state index contributed by atoms with van der Waals surface area (Å²) in [6.07, 6.45) is 0.300. The van der Waals surface area contributed by atoms with Gasteiger partial charge in [0, 0.05) is 11.7 Å². The fourth-order valence-electron chi connectivity index (χ4n) is 3.12. The molecule has 0 aliphatic heterocycles. The van der Waals surface area contributed by atoms with E-state index in [9.17, 15) is 4.79 Å². The molecule has 0 bridgehead atoms. The zero-order valence-electron chi connectivity index (χ0n) is 15.0. The molecule has 1 aromatic heterocycles. The highest BCUT2D eigenvalue weighted by molar-refractivity contribution is 5.94. The summed E-state index contributed by atoms with van der Waals surface area (Å²) in [5.74, 6) is 1.67. The summed E-state index contributed by atoms with van der Waals surface area (Å²) < 4.78 is 7.39. The lowest BCUT2D eigenvalue weighted by atomic mass is 10.1. The Balaban J connectivity index is 1.77. The van der Waals surface area contributed by atoms with Crippen LogP contribution in [0.2, 0.25) is 0 Å². The molecule has 0 saturated heterocycles. The van der Waals surface area contributed by atoms with Crippen LogP contribution in [0.15, 0.2) is 42.5 Å². The molecule has 0 aliphatic rings. The highest BCUT2D eigenvalue weighted by atomic mass is 16.5. The van der Waals surface area contributed by atoms with Gasteiger partial charge in [-0.1, -0.05) is 12.1 Å². The minimum Gasteiger partial charge on any atom is -0.497 e. The van der Waals surface area contributed by atoms with E-state index in [0.29, 0.717) is 12.5 Å². The quantitative estimate of drug-likeness (QED) is 0.762. The number of hydrogen-bond acceptors (Lipinski definition) is 3. The van der Waals surface area contributed by atoms with Gasteiger partial charge in [-0.3, -0.25) is 4.79 Å². The number of fused-ring (bicyclic) bond motifs is 1. The highest BCUT2D eigenvalue weighted by Crippen LogP contribution is 2.24. The molecule has 0 radical (unpaired) electrons. The predicted octanol–water partition coefficient (Wildman–Crippen LogP) is 4.12. The largest absolute Gasteiger partial charge is 0.497 e. The van der Waals surface area contributed by atoms with Crippen LogP contribution in [-0.4, -0.2) is 22.6 Å². The van der Waals surface area contributed by atoms with Crippen LogP contribution in [0.1, 0.15) is 31.3 Å². The monoisotopic (exact) mass is 337 g/mol. The van der Waals surface area contributed by atoms with Crippen LogP contribution in [0.25, 0.3) is 11.0 Å². The van der Waals surface area contributed by atoms with E-state index in [1.807, 2.05) is 49.4 Å². The number of benzene rings is 2. The number of amides is 1. The van der Waals surface area contributed by atoms with E-state index >= 15 is 0 Å². The number of carbonyl (C=O) groups excluding carboxylic acids is 1. The van der Waals surface area contributed by atoms with Gasteiger partial charge in [0.1, 0.15) is 11.6 Å². The zero-order valence-corrected chi connectivity index (χ0v) is 15.0. The molecule has 0 saturated carbocycles. The van der Waals surface area contributed by atoms with Gasteiger partial charge in [0.05, 0.1) is 24.6 Å². The summed E-state index contributed by atoms with van der Waals surface area (Å²) in [5, 5.41) is 2.95. The maximum atomic E-state index is 12.3. The van der Waals surface area contributed by atoms with Crippen molar-refractivity contribution in [3.63, 3.8) is 0 Å². The van der Waals surface area contributed by atoms with Crippen LogP contribution in [-0.2, 0) is 11.2 Å². The molecule has 0 aliphatic carbocycles. The number of ether oxygens (including phenoxy) is 1. The fraction of sp³-hybridized carbons (Fsp3) is 0.300. The van der Waals surface area contributed by atoms with Crippen molar-refractivity contribution >= 4 is 22.6 Å². The highest BCUT2D eigenvalue weighted by Gasteiger charge is 2.11. The lowest BCUT2D eigenvalue weighted by Gasteiger charge is -2.11. The van der Waals surface area contributed by atoms with Crippen molar-refractivity contribution in [1.29, 1.82) is 0 Å². The average molecular weight is 337 g/mol. The number of nitrogens with zero attached hydrogens (tertiary/aromatic N) is 2. The van der Waals surface area contributed by atoms with Crippen molar-refractivity contribution in [2.75, 3.05) is 12.4 Å². The number of methoxy groups -OCH3 is 1. The van der Waals surface area contributed by atoms with E-state index in [2.05, 4.69) is 28.7 Å². The molecular weight excluding hydrogens is 314 g/mol. The van der Waals surface area contributed by atoms with Crippen molar-refractivity contribution < 1.29 is 9.53 Å². The normalized spacial score (nSPS) is 11.1. The topological polar surface area (TPSA) is 56.1 Å². The number of hydrogen-bond donors (Lipinski definition) is 1. The third kappa shape index (κ3) is 3.65. The van der Waals surface area contributed by atoms with Crippen LogP contribution >= 0.6 is 0 Å². The number of anilines is 1. The van der Waals surface area contributed by atoms with Gasteiger partial charge in [0.2, 0.25) is 5.91 Å². The Morgan fingerprint density at radius 2 is 2.04 bits per heavy atom. The van der Waals surface area contributed by atoms with Crippen LogP contribution in [0, 0.1) is 6.92 Å². The fourth-order valence-corrected chi connectivity index (χ4v) is 3.12. The zero-order chi connectivity index (χ0) is 18.0. The van der Waals surface area contributed by atoms with Crippen LogP contribution in [0.3, 0.4) is 0 Å². The first-order valence-corrected chi connectivity index (χ1v) is 8.39. The first-order chi connectivity index (χ1) is 12.0. The Morgan fingerprint density at radius 1 is 1.24 bits per heavy atom. The molecule has 2 aromatic carbocycles. The molecule has 3 aromatic rings. The molecule has 3 rings (SSSR count). The number of imidazole rings is 1. The van der Waals surface area contributed by atoms with E-state index in [4.69, 9.17) is 4.74 Å². The number of carbonyl (C=O) groups is 1. The van der Waals surface area contributed by atoms with Crippen molar-refractivity contribution in [3.05, 3.63) is 53.9 Å². The van der Waals surface area contributed by atoms with Gasteiger partial charge in [0.15, 0.2) is 0 Å². The standard InChI is InChI=1S/C20H23N3O2/c1-13(2)23-14(3)21-18-12-16(8-9-19(18)23)22-20(24)11-15-6-5-7-17(10-15)25-4/h5-10,12-13H,11H2,1-4H3,(H,22,24). The van der Waals surface area contributed by atoms with E-state index in [1.54, 1.807) is 7.11 Å². The van der Waals surface area contributed by atoms with E-state index in [0.717, 1.165) is 33.9 Å². The lowest BCUT2D eigenvalue weighted by molar-refractivity contribution is -0.115. The van der Waals surface area contributed by atoms with Gasteiger partial charge in [-0.25, -0.2) is 4.98 Å². The summed E-state index contributed by atoms with van der Waals surface area (Å²) in [6.45, 7) is 6.27. The molecule has 1 amide bonds. The van der Waals surface area contributed by atoms with E-state index in [1.165, 1.54) is 0 Å². The van der Waals surface area contributed by atoms with E-state index < -0.39 is 0 Å². The molecular formula is C20H23N3O2. The second-order valence-electron chi connectivity index (χ2n) is 6.40. The average Bonchev–Trinajstić information content (AvgIpc) is 2.90. The maximum absolute atomic E-state index is 12.3. The summed E-state index contributed by atoms with van der Waals surface area (Å²) in [7, 11) is 1.62. The molecule has 0 atom stereocenters. The molecule has 0 unspecified atom stereocenters. The molecule has 130 valence electrons. The first-order valence-electron chi connectivity index (χ1n) is 8.39. The summed E-state index contributed by atoms with van der Waals surface area (Å²) in [4.78, 5) is 16.9. The van der Waals surface area contributed by atoms with Gasteiger partial charge in [-0.05, 0) is 56.7 Å². The summed E-state index contributed by atoms with van der Waals surface area (Å²) >= 11 is 0.